The van der Waals surface area contributed by atoms with E-state index >= 15 is 0 Å². The fourth-order valence-electron chi connectivity index (χ4n) is 14.9. The third-order valence-electron chi connectivity index (χ3n) is 20.3. The third-order valence-corrected chi connectivity index (χ3v) is 20.3. The molecule has 2 saturated carbocycles. The van der Waals surface area contributed by atoms with E-state index < -0.39 is 70.9 Å². The number of carbonyl (C=O) groups excluding carboxylic acids is 7. The van der Waals surface area contributed by atoms with Crippen LogP contribution in [0.5, 0.6) is 11.8 Å². The second-order valence-corrected chi connectivity index (χ2v) is 27.0. The smallest absolute Gasteiger partial charge is 0.870 e. The van der Waals surface area contributed by atoms with E-state index in [-0.39, 0.29) is 116 Å². The first-order valence-corrected chi connectivity index (χ1v) is 34.3. The fraction of sp³-hybridized carbons (Fsp3) is 0.421. The van der Waals surface area contributed by atoms with Gasteiger partial charge in [-0.25, -0.2) is 9.97 Å². The molecule has 4 aliphatic heterocycles. The summed E-state index contributed by atoms with van der Waals surface area (Å²) >= 11 is 0. The third kappa shape index (κ3) is 15.1. The molecule has 100 heavy (non-hydrogen) atoms. The minimum atomic E-state index is -1.18. The Bertz CT molecular complexity index is 4470. The number of aryl methyl sites for hydroxylation is 2. The molecule has 0 bridgehead atoms. The van der Waals surface area contributed by atoms with Gasteiger partial charge in [-0.2, -0.15) is 0 Å². The number of aromatic nitrogens is 4. The van der Waals surface area contributed by atoms with E-state index in [1.165, 1.54) is 17.0 Å². The number of ketones is 2. The Hall–Kier alpha value is -9.56. The maximum Gasteiger partial charge on any atom is 1.00 e. The number of carbonyl (C=O) groups is 8. The van der Waals surface area contributed by atoms with Crippen LogP contribution in [0.2, 0.25) is 0 Å². The van der Waals surface area contributed by atoms with Crippen LogP contribution in [0.4, 0.5) is 0 Å². The van der Waals surface area contributed by atoms with E-state index in [1.807, 2.05) is 115 Å². The van der Waals surface area contributed by atoms with E-state index in [2.05, 4.69) is 27.0 Å². The summed E-state index contributed by atoms with van der Waals surface area (Å²) in [6.45, 7) is 5.54. The van der Waals surface area contributed by atoms with Crippen molar-refractivity contribution < 1.29 is 91.1 Å². The molecule has 4 fully saturated rings. The second kappa shape index (κ2) is 30.9. The Morgan fingerprint density at radius 3 is 1.41 bits per heavy atom. The maximum absolute atomic E-state index is 14.5. The van der Waals surface area contributed by atoms with Crippen LogP contribution in [0.1, 0.15) is 142 Å². The summed E-state index contributed by atoms with van der Waals surface area (Å²) < 4.78 is 28.8. The minimum absolute atomic E-state index is 0. The van der Waals surface area contributed by atoms with Gasteiger partial charge < -0.3 is 54.3 Å². The van der Waals surface area contributed by atoms with Crippen molar-refractivity contribution in [1.82, 2.24) is 40.7 Å². The number of esters is 1. The molecule has 14 rings (SSSR count). The summed E-state index contributed by atoms with van der Waals surface area (Å²) in [6.07, 6.45) is 15.1. The molecular formula is C76H81LiN8O15. The molecule has 2 aliphatic carbocycles. The van der Waals surface area contributed by atoms with Crippen LogP contribution < -0.4 is 39.0 Å². The number of pyridine rings is 2. The van der Waals surface area contributed by atoms with Gasteiger partial charge in [0, 0.05) is 59.4 Å². The quantitative estimate of drug-likeness (QED) is 0.0476. The van der Waals surface area contributed by atoms with Crippen LogP contribution >= 0.6 is 0 Å². The molecule has 0 unspecified atom stereocenters. The largest absolute Gasteiger partial charge is 1.00 e. The first-order valence-electron chi connectivity index (χ1n) is 34.3. The number of nitrogens with zero attached hydrogens (tertiary/aromatic N) is 6. The van der Waals surface area contributed by atoms with Crippen LogP contribution in [0, 0.1) is 36.5 Å². The van der Waals surface area contributed by atoms with E-state index in [1.54, 1.807) is 25.7 Å². The summed E-state index contributed by atoms with van der Waals surface area (Å²) in [5.41, 5.74) is -0.461. The Morgan fingerprint density at radius 2 is 0.980 bits per heavy atom. The molecular weight excluding hydrogens is 1270 g/mol. The van der Waals surface area contributed by atoms with Gasteiger partial charge in [-0.3, -0.25) is 38.4 Å². The Labute approximate surface area is 589 Å². The van der Waals surface area contributed by atoms with Crippen LogP contribution in [0.15, 0.2) is 143 Å². The molecule has 0 radical (unpaired) electrons. The van der Waals surface area contributed by atoms with Crippen LogP contribution in [-0.2, 0) is 33.5 Å². The monoisotopic (exact) mass is 1350 g/mol. The first-order chi connectivity index (χ1) is 47.5. The van der Waals surface area contributed by atoms with Gasteiger partial charge in [-0.15, -0.1) is 0 Å². The van der Waals surface area contributed by atoms with Gasteiger partial charge in [0.05, 0.1) is 53.6 Å². The number of aliphatic carboxylic acids is 1. The SMILES string of the molecule is CCOC(=O)[C@]12CC(=O)[C@@H]3C[C@@H](Oc4nc5ccccc5c5ccccc45)CN3C(=O)[C@@H](NC(=O)c3cc(C)on3)CCCCC/C=C\[C@@H]1C2.Cc1cc(C(=O)N[C@H]2CCCCC/C=C\[C@@H]3C[C@@]3(C(=O)O)CC(=O)[C@@H]3C[C@@H](Oc4nc5ccccc5c5ccccc45)CN3C2=O)no1.[Li+].[OH-]. The number of nitrogens with one attached hydrogen (secondary N) is 2. The van der Waals surface area contributed by atoms with Crippen LogP contribution in [0.25, 0.3) is 43.4 Å². The zero-order valence-electron chi connectivity index (χ0n) is 56.6. The van der Waals surface area contributed by atoms with Gasteiger partial charge >= 0.3 is 30.8 Å². The topological polar surface area (TPSA) is 323 Å². The van der Waals surface area contributed by atoms with Crippen LogP contribution in [0.3, 0.4) is 0 Å². The number of allylic oxidation sites excluding steroid dienone is 4. The number of carboxylic acids is 1. The number of benzene rings is 4. The molecule has 10 atom stereocenters. The zero-order valence-corrected chi connectivity index (χ0v) is 56.6. The van der Waals surface area contributed by atoms with Crippen molar-refractivity contribution in [2.75, 3.05) is 19.7 Å². The number of hydrogen-bond donors (Lipinski definition) is 3. The van der Waals surface area contributed by atoms with Crippen molar-refractivity contribution in [2.24, 2.45) is 22.7 Å². The van der Waals surface area contributed by atoms with Gasteiger partial charge in [0.2, 0.25) is 23.6 Å². The molecule has 516 valence electrons. The average molecular weight is 1350 g/mol. The number of ether oxygens (including phenoxy) is 3. The molecule has 24 heteroatoms. The Balaban J connectivity index is 0.000000198. The number of amides is 4. The van der Waals surface area contributed by atoms with Crippen molar-refractivity contribution in [3.63, 3.8) is 0 Å². The maximum atomic E-state index is 14.5. The number of hydrogen-bond acceptors (Lipinski definition) is 18. The van der Waals surface area contributed by atoms with Crippen molar-refractivity contribution in [3.8, 4) is 11.8 Å². The van der Waals surface area contributed by atoms with Crippen LogP contribution in [-0.4, -0.2) is 144 Å². The van der Waals surface area contributed by atoms with E-state index in [4.69, 9.17) is 33.2 Å². The summed E-state index contributed by atoms with van der Waals surface area (Å²) in [7, 11) is 0. The van der Waals surface area contributed by atoms with Gasteiger partial charge in [0.25, 0.3) is 11.8 Å². The molecule has 2 saturated heterocycles. The summed E-state index contributed by atoms with van der Waals surface area (Å²) in [6, 6.07) is 30.7. The standard InChI is InChI=1S/C39H42N4O7.C37H38N4O7.Li.H2O/c1-3-48-38(47)39-21-25(39)13-7-5-4-6-8-18-31(40-35(45)32-19-24(2)50-42-32)37(46)43-23-26(20-33(43)34(44)22-39)49-36-29-16-10-9-14-27(29)28-15-11-12-17-30(28)41-36;1-22-17-30(40-48-22)33(43)38-29-16-6-4-2-3-5-11-23-19-37(23,36(45)46)20-32(42)31-18-24(21-41(31)35(29)44)47-34-27-14-8-7-12-25(27)26-13-9-10-15-28(26)39-34;;/h7,9-17,19,25-26,31,33H,3-6,8,18,20-23H2,1-2H3,(H,40,45);5,7-15,17,23-24,29,31H,2-4,6,16,18-21H2,1H3,(H,38,43)(H,45,46);;1H2/q;;+1;/p-1/b13-7-;11-5-;;/t25-,26-,31+,33+,39-;23-,24-,29+,31+,37-;;/m11../s1. The molecule has 4 aromatic heterocycles. The molecule has 8 aromatic rings. The molecule has 4 amide bonds. The number of carboxylic acid groups (broad SMARTS) is 1. The number of fused-ring (bicyclic) bond motifs is 10. The summed E-state index contributed by atoms with van der Waals surface area (Å²) in [5, 5.41) is 29.2. The van der Waals surface area contributed by atoms with Crippen molar-refractivity contribution in [2.45, 2.75) is 160 Å². The minimum Gasteiger partial charge on any atom is -0.870 e. The molecule has 8 heterocycles. The predicted molar refractivity (Wildman–Crippen MR) is 364 cm³/mol. The van der Waals surface area contributed by atoms with Gasteiger partial charge in [0.15, 0.2) is 23.0 Å². The van der Waals surface area contributed by atoms with E-state index in [0.29, 0.717) is 61.8 Å². The van der Waals surface area contributed by atoms with E-state index in [0.717, 1.165) is 81.9 Å². The Morgan fingerprint density at radius 1 is 0.570 bits per heavy atom. The van der Waals surface area contributed by atoms with Gasteiger partial charge in [-0.1, -0.05) is 133 Å². The van der Waals surface area contributed by atoms with Crippen molar-refractivity contribution >= 4 is 90.5 Å². The van der Waals surface area contributed by atoms with Crippen molar-refractivity contribution in [3.05, 3.63) is 156 Å². The average Bonchev–Trinajstić information content (AvgIpc) is 1.57. The molecule has 6 aliphatic rings. The van der Waals surface area contributed by atoms with Crippen molar-refractivity contribution in [1.29, 1.82) is 0 Å². The molecule has 0 spiro atoms. The summed E-state index contributed by atoms with van der Waals surface area (Å²) in [5.74, 6) is -2.33. The number of para-hydroxylation sites is 2. The molecule has 4 aromatic carbocycles. The first kappa shape index (κ1) is 71.7. The van der Waals surface area contributed by atoms with E-state index in [9.17, 15) is 43.5 Å². The number of Topliss-reactive ketones (excluding diaryl/α,β-unsaturated/α-hetero) is 2. The molecule has 4 N–H and O–H groups in total. The predicted octanol–water partition coefficient (Wildman–Crippen LogP) is 8.11. The molecule has 23 nitrogen and oxygen atoms in total. The number of rotatable bonds is 11. The van der Waals surface area contributed by atoms with Gasteiger partial charge in [0.1, 0.15) is 35.8 Å². The zero-order chi connectivity index (χ0) is 68.2. The fourth-order valence-corrected chi connectivity index (χ4v) is 14.9. The Kier molecular flexibility index (Phi) is 22.2. The normalized spacial score (nSPS) is 26.2. The van der Waals surface area contributed by atoms with Gasteiger partial charge in [-0.05, 0) is 119 Å². The summed E-state index contributed by atoms with van der Waals surface area (Å²) in [4.78, 5) is 122. The second-order valence-electron chi connectivity index (χ2n) is 27.0.